The summed E-state index contributed by atoms with van der Waals surface area (Å²) >= 11 is 0. The fourth-order valence-electron chi connectivity index (χ4n) is 5.33. The minimum absolute atomic E-state index is 0.157. The number of rotatable bonds is 6. The highest BCUT2D eigenvalue weighted by atomic mass is 16.5. The lowest BCUT2D eigenvalue weighted by atomic mass is 9.94. The van der Waals surface area contributed by atoms with Crippen LogP contribution in [0.3, 0.4) is 0 Å². The quantitative estimate of drug-likeness (QED) is 0.340. The number of carbonyl (C=O) groups excluding carboxylic acids is 1. The van der Waals surface area contributed by atoms with Gasteiger partial charge in [-0.2, -0.15) is 10.2 Å². The lowest BCUT2D eigenvalue weighted by Gasteiger charge is -2.22. The Kier molecular flexibility index (Phi) is 6.76. The monoisotopic (exact) mass is 535 g/mol. The zero-order valence-corrected chi connectivity index (χ0v) is 23.2. The summed E-state index contributed by atoms with van der Waals surface area (Å²) in [4.78, 5) is 12.8. The van der Waals surface area contributed by atoms with Crippen molar-refractivity contribution in [2.45, 2.75) is 38.1 Å². The lowest BCUT2D eigenvalue weighted by molar-refractivity contribution is 0.184. The molecule has 4 aromatic rings. The molecule has 8 nitrogen and oxygen atoms in total. The Bertz CT molecular complexity index is 1570. The van der Waals surface area contributed by atoms with Gasteiger partial charge in [0.1, 0.15) is 0 Å². The lowest BCUT2D eigenvalue weighted by Crippen LogP contribution is -2.41. The average molecular weight is 536 g/mol. The highest BCUT2D eigenvalue weighted by Crippen LogP contribution is 2.42. The molecule has 40 heavy (non-hydrogen) atoms. The number of methoxy groups -OCH3 is 2. The van der Waals surface area contributed by atoms with Crippen LogP contribution in [-0.2, 0) is 6.42 Å². The molecular formula is C32H33N5O3. The third kappa shape index (κ3) is 4.70. The number of hydrogen-bond acceptors (Lipinski definition) is 5. The standard InChI is InChI=1S/C32H33N5O3/c1-20-16-24-17-29(39-3)30(40-4)18-26(24)31(35-36(20)32(38)33-2)23-12-14-25(15-13-23)37-28(22-10-11-22)19-27(34-37)21-8-6-5-7-9-21/h5-9,12-15,17-20,22H,10-11,16H2,1-4H3,(H,33,38)/t20-/m0/s1. The minimum Gasteiger partial charge on any atom is -0.493 e. The molecule has 0 unspecified atom stereocenters. The number of nitrogens with one attached hydrogen (secondary N) is 1. The van der Waals surface area contributed by atoms with Crippen LogP contribution in [0, 0.1) is 0 Å². The second-order valence-electron chi connectivity index (χ2n) is 10.3. The third-order valence-electron chi connectivity index (χ3n) is 7.61. The van der Waals surface area contributed by atoms with E-state index in [0.29, 0.717) is 29.5 Å². The first-order chi connectivity index (χ1) is 19.5. The van der Waals surface area contributed by atoms with Gasteiger partial charge < -0.3 is 14.8 Å². The molecule has 0 bridgehead atoms. The molecule has 8 heteroatoms. The summed E-state index contributed by atoms with van der Waals surface area (Å²) in [6.45, 7) is 1.99. The summed E-state index contributed by atoms with van der Waals surface area (Å²) in [5.41, 5.74) is 7.85. The topological polar surface area (TPSA) is 81.0 Å². The molecule has 0 saturated heterocycles. The van der Waals surface area contributed by atoms with E-state index < -0.39 is 0 Å². The molecule has 204 valence electrons. The van der Waals surface area contributed by atoms with Crippen molar-refractivity contribution in [1.82, 2.24) is 20.1 Å². The van der Waals surface area contributed by atoms with Gasteiger partial charge in [-0.15, -0.1) is 0 Å². The van der Waals surface area contributed by atoms with E-state index in [1.54, 1.807) is 21.3 Å². The van der Waals surface area contributed by atoms with E-state index in [-0.39, 0.29) is 12.1 Å². The van der Waals surface area contributed by atoms with Crippen molar-refractivity contribution >= 4 is 11.7 Å². The van der Waals surface area contributed by atoms with E-state index in [1.807, 2.05) is 49.4 Å². The summed E-state index contributed by atoms with van der Waals surface area (Å²) in [6, 6.07) is 24.3. The number of nitrogens with zero attached hydrogens (tertiary/aromatic N) is 4. The van der Waals surface area contributed by atoms with E-state index in [4.69, 9.17) is 19.7 Å². The Labute approximate surface area is 234 Å². The number of carbonyl (C=O) groups is 1. The number of urea groups is 1. The Morgan fingerprint density at radius 1 is 0.925 bits per heavy atom. The molecule has 1 N–H and O–H groups in total. The number of hydrazone groups is 1. The highest BCUT2D eigenvalue weighted by molar-refractivity contribution is 6.14. The molecule has 2 heterocycles. The van der Waals surface area contributed by atoms with Gasteiger partial charge in [0.2, 0.25) is 0 Å². The number of ether oxygens (including phenoxy) is 2. The first-order valence-electron chi connectivity index (χ1n) is 13.6. The maximum atomic E-state index is 12.8. The zero-order chi connectivity index (χ0) is 27.8. The molecule has 2 aliphatic rings. The number of amides is 2. The molecule has 1 aliphatic heterocycles. The van der Waals surface area contributed by atoms with Crippen LogP contribution in [0.4, 0.5) is 4.79 Å². The van der Waals surface area contributed by atoms with Crippen molar-refractivity contribution in [3.8, 4) is 28.4 Å². The number of benzene rings is 3. The summed E-state index contributed by atoms with van der Waals surface area (Å²) in [5, 5.41) is 14.1. The summed E-state index contributed by atoms with van der Waals surface area (Å²) in [6.07, 6.45) is 2.99. The van der Waals surface area contributed by atoms with Gasteiger partial charge in [0.05, 0.1) is 37.4 Å². The maximum absolute atomic E-state index is 12.8. The van der Waals surface area contributed by atoms with Crippen molar-refractivity contribution in [1.29, 1.82) is 0 Å². The second-order valence-corrected chi connectivity index (χ2v) is 10.3. The fraction of sp³-hybridized carbons (Fsp3) is 0.281. The SMILES string of the molecule is CNC(=O)N1N=C(c2ccc(-n3nc(-c4ccccc4)cc3C3CC3)cc2)c2cc(OC)c(OC)cc2C[C@@H]1C. The van der Waals surface area contributed by atoms with Gasteiger partial charge in [0.15, 0.2) is 11.5 Å². The van der Waals surface area contributed by atoms with Crippen molar-refractivity contribution in [2.75, 3.05) is 21.3 Å². The van der Waals surface area contributed by atoms with E-state index >= 15 is 0 Å². The summed E-state index contributed by atoms with van der Waals surface area (Å²) in [7, 11) is 4.87. The molecular weight excluding hydrogens is 502 g/mol. The van der Waals surface area contributed by atoms with Crippen LogP contribution in [0.25, 0.3) is 16.9 Å². The van der Waals surface area contributed by atoms with E-state index in [9.17, 15) is 4.79 Å². The maximum Gasteiger partial charge on any atom is 0.337 e. The molecule has 1 atom stereocenters. The predicted molar refractivity (Wildman–Crippen MR) is 156 cm³/mol. The van der Waals surface area contributed by atoms with Crippen molar-refractivity contribution < 1.29 is 14.3 Å². The molecule has 3 aromatic carbocycles. The van der Waals surface area contributed by atoms with Crippen LogP contribution in [0.5, 0.6) is 11.5 Å². The summed E-state index contributed by atoms with van der Waals surface area (Å²) in [5.74, 6) is 1.80. The first kappa shape index (κ1) is 25.7. The van der Waals surface area contributed by atoms with E-state index in [2.05, 4.69) is 40.3 Å². The van der Waals surface area contributed by atoms with Crippen LogP contribution in [0.1, 0.15) is 48.1 Å². The normalized spacial score (nSPS) is 16.6. The van der Waals surface area contributed by atoms with Gasteiger partial charge in [-0.3, -0.25) is 0 Å². The highest BCUT2D eigenvalue weighted by Gasteiger charge is 2.30. The summed E-state index contributed by atoms with van der Waals surface area (Å²) < 4.78 is 13.3. The van der Waals surface area contributed by atoms with Crippen molar-refractivity contribution in [3.05, 3.63) is 95.2 Å². The van der Waals surface area contributed by atoms with Crippen LogP contribution in [0.2, 0.25) is 0 Å². The largest absolute Gasteiger partial charge is 0.493 e. The molecule has 2 amide bonds. The Balaban J connectivity index is 1.43. The van der Waals surface area contributed by atoms with E-state index in [1.165, 1.54) is 23.5 Å². The molecule has 1 aromatic heterocycles. The molecule has 1 aliphatic carbocycles. The van der Waals surface area contributed by atoms with E-state index in [0.717, 1.165) is 33.6 Å². The van der Waals surface area contributed by atoms with Gasteiger partial charge >= 0.3 is 6.03 Å². The molecule has 1 fully saturated rings. The molecule has 0 radical (unpaired) electrons. The van der Waals surface area contributed by atoms with Gasteiger partial charge in [-0.25, -0.2) is 14.5 Å². The second kappa shape index (κ2) is 10.5. The van der Waals surface area contributed by atoms with Crippen molar-refractivity contribution in [2.24, 2.45) is 5.10 Å². The zero-order valence-electron chi connectivity index (χ0n) is 23.2. The van der Waals surface area contributed by atoms with Crippen LogP contribution >= 0.6 is 0 Å². The Morgan fingerprint density at radius 3 is 2.27 bits per heavy atom. The minimum atomic E-state index is -0.257. The smallest absolute Gasteiger partial charge is 0.337 e. The van der Waals surface area contributed by atoms with Gasteiger partial charge in [-0.05, 0) is 62.1 Å². The average Bonchev–Trinajstić information content (AvgIpc) is 3.77. The fourth-order valence-corrected chi connectivity index (χ4v) is 5.33. The molecule has 1 saturated carbocycles. The van der Waals surface area contributed by atoms with Crippen molar-refractivity contribution in [3.63, 3.8) is 0 Å². The molecule has 0 spiro atoms. The predicted octanol–water partition coefficient (Wildman–Crippen LogP) is 5.77. The van der Waals surface area contributed by atoms with Crippen LogP contribution in [0.15, 0.2) is 77.9 Å². The Hall–Kier alpha value is -4.59. The number of hydrogen-bond donors (Lipinski definition) is 1. The number of fused-ring (bicyclic) bond motifs is 1. The van der Waals surface area contributed by atoms with Gasteiger partial charge in [0, 0.05) is 35.3 Å². The first-order valence-corrected chi connectivity index (χ1v) is 13.6. The molecule has 6 rings (SSSR count). The van der Waals surface area contributed by atoms with Gasteiger partial charge in [-0.1, -0.05) is 42.5 Å². The number of aromatic nitrogens is 2. The van der Waals surface area contributed by atoms with Gasteiger partial charge in [0.25, 0.3) is 0 Å². The van der Waals surface area contributed by atoms with Crippen LogP contribution < -0.4 is 14.8 Å². The Morgan fingerprint density at radius 2 is 1.62 bits per heavy atom. The van der Waals surface area contributed by atoms with Crippen LogP contribution in [-0.4, -0.2) is 53.8 Å². The third-order valence-corrected chi connectivity index (χ3v) is 7.61.